The van der Waals surface area contributed by atoms with Crippen LogP contribution in [0.2, 0.25) is 0 Å². The van der Waals surface area contributed by atoms with Gasteiger partial charge in [-0.25, -0.2) is 4.98 Å². The highest BCUT2D eigenvalue weighted by molar-refractivity contribution is 5.15. The van der Waals surface area contributed by atoms with Crippen molar-refractivity contribution in [3.05, 3.63) is 23.9 Å². The maximum Gasteiger partial charge on any atom is 0.213 e. The molecule has 0 spiro atoms. The molecule has 1 aromatic heterocycles. The Bertz CT molecular complexity index is 458. The number of likely N-dealkylation sites (tertiary alicyclic amines) is 1. The van der Waals surface area contributed by atoms with Gasteiger partial charge in [0.05, 0.1) is 6.61 Å². The summed E-state index contributed by atoms with van der Waals surface area (Å²) in [4.78, 5) is 7.07. The lowest BCUT2D eigenvalue weighted by Gasteiger charge is -2.42. The molecule has 3 heterocycles. The monoisotopic (exact) mass is 290 g/mol. The first-order valence-corrected chi connectivity index (χ1v) is 8.14. The summed E-state index contributed by atoms with van der Waals surface area (Å²) in [5.41, 5.74) is 1.01. The van der Waals surface area contributed by atoms with E-state index in [1.165, 1.54) is 6.42 Å². The SMILES string of the molecule is Cc1cccc(OC2CCN([C@@H]3CCOC[C@@H]3C)CC2)n1. The third-order valence-corrected chi connectivity index (χ3v) is 4.69. The van der Waals surface area contributed by atoms with Crippen LogP contribution in [0.15, 0.2) is 18.2 Å². The molecule has 2 aliphatic heterocycles. The van der Waals surface area contributed by atoms with Crippen LogP contribution in [0.5, 0.6) is 5.88 Å². The molecule has 3 rings (SSSR count). The number of aromatic nitrogens is 1. The molecule has 0 N–H and O–H groups in total. The number of piperidine rings is 1. The Kier molecular flexibility index (Phi) is 4.76. The summed E-state index contributed by atoms with van der Waals surface area (Å²) in [5.74, 6) is 1.42. The Balaban J connectivity index is 1.50. The van der Waals surface area contributed by atoms with E-state index >= 15 is 0 Å². The van der Waals surface area contributed by atoms with Crippen LogP contribution in [-0.4, -0.2) is 48.3 Å². The quantitative estimate of drug-likeness (QED) is 0.857. The van der Waals surface area contributed by atoms with E-state index in [9.17, 15) is 0 Å². The van der Waals surface area contributed by atoms with Crippen molar-refractivity contribution in [2.24, 2.45) is 5.92 Å². The molecule has 0 aromatic carbocycles. The fourth-order valence-corrected chi connectivity index (χ4v) is 3.49. The summed E-state index contributed by atoms with van der Waals surface area (Å²) in [6.45, 7) is 8.40. The van der Waals surface area contributed by atoms with Crippen LogP contribution in [0.4, 0.5) is 0 Å². The Morgan fingerprint density at radius 3 is 2.76 bits per heavy atom. The summed E-state index contributed by atoms with van der Waals surface area (Å²) in [6.07, 6.45) is 3.68. The average Bonchev–Trinajstić information content (AvgIpc) is 2.49. The molecule has 4 nitrogen and oxygen atoms in total. The molecule has 0 unspecified atom stereocenters. The molecule has 0 radical (unpaired) electrons. The molecule has 2 atom stereocenters. The fourth-order valence-electron chi connectivity index (χ4n) is 3.49. The smallest absolute Gasteiger partial charge is 0.213 e. The lowest BCUT2D eigenvalue weighted by atomic mass is 9.93. The van der Waals surface area contributed by atoms with Crippen LogP contribution in [0.3, 0.4) is 0 Å². The van der Waals surface area contributed by atoms with Crippen molar-refractivity contribution in [1.82, 2.24) is 9.88 Å². The number of nitrogens with zero attached hydrogens (tertiary/aromatic N) is 2. The van der Waals surface area contributed by atoms with Crippen molar-refractivity contribution in [2.45, 2.75) is 45.3 Å². The zero-order valence-corrected chi connectivity index (χ0v) is 13.1. The van der Waals surface area contributed by atoms with Gasteiger partial charge < -0.3 is 9.47 Å². The zero-order chi connectivity index (χ0) is 14.7. The van der Waals surface area contributed by atoms with Gasteiger partial charge in [-0.2, -0.15) is 0 Å². The van der Waals surface area contributed by atoms with Gasteiger partial charge in [0.15, 0.2) is 0 Å². The lowest BCUT2D eigenvalue weighted by molar-refractivity contribution is -0.0235. The molecule has 0 saturated carbocycles. The summed E-state index contributed by atoms with van der Waals surface area (Å²) < 4.78 is 11.6. The minimum atomic E-state index is 0.311. The summed E-state index contributed by atoms with van der Waals surface area (Å²) in [5, 5.41) is 0. The van der Waals surface area contributed by atoms with Crippen molar-refractivity contribution < 1.29 is 9.47 Å². The maximum absolute atomic E-state index is 6.04. The topological polar surface area (TPSA) is 34.6 Å². The van der Waals surface area contributed by atoms with Crippen LogP contribution >= 0.6 is 0 Å². The van der Waals surface area contributed by atoms with Crippen LogP contribution in [0, 0.1) is 12.8 Å². The lowest BCUT2D eigenvalue weighted by Crippen LogP contribution is -2.49. The number of hydrogen-bond donors (Lipinski definition) is 0. The normalized spacial score (nSPS) is 28.5. The van der Waals surface area contributed by atoms with Crippen molar-refractivity contribution in [1.29, 1.82) is 0 Å². The summed E-state index contributed by atoms with van der Waals surface area (Å²) in [7, 11) is 0. The van der Waals surface area contributed by atoms with E-state index in [1.807, 2.05) is 25.1 Å². The molecule has 116 valence electrons. The minimum absolute atomic E-state index is 0.311. The van der Waals surface area contributed by atoms with Gasteiger partial charge in [0, 0.05) is 37.5 Å². The highest BCUT2D eigenvalue weighted by Gasteiger charge is 2.31. The molecule has 21 heavy (non-hydrogen) atoms. The molecule has 0 aliphatic carbocycles. The predicted octanol–water partition coefficient (Wildman–Crippen LogP) is 2.66. The fraction of sp³-hybridized carbons (Fsp3) is 0.706. The maximum atomic E-state index is 6.04. The van der Waals surface area contributed by atoms with Gasteiger partial charge in [0.25, 0.3) is 0 Å². The first kappa shape index (κ1) is 14.8. The van der Waals surface area contributed by atoms with Gasteiger partial charge in [-0.05, 0) is 38.2 Å². The first-order valence-electron chi connectivity index (χ1n) is 8.14. The predicted molar refractivity (Wildman–Crippen MR) is 82.6 cm³/mol. The van der Waals surface area contributed by atoms with Crippen molar-refractivity contribution in [3.8, 4) is 5.88 Å². The molecular formula is C17H26N2O2. The van der Waals surface area contributed by atoms with E-state index in [1.54, 1.807) is 0 Å². The zero-order valence-electron chi connectivity index (χ0n) is 13.1. The highest BCUT2D eigenvalue weighted by atomic mass is 16.5. The molecule has 0 amide bonds. The molecular weight excluding hydrogens is 264 g/mol. The Morgan fingerprint density at radius 1 is 1.24 bits per heavy atom. The second-order valence-corrected chi connectivity index (χ2v) is 6.38. The van der Waals surface area contributed by atoms with E-state index in [-0.39, 0.29) is 0 Å². The van der Waals surface area contributed by atoms with E-state index in [2.05, 4.69) is 16.8 Å². The van der Waals surface area contributed by atoms with E-state index in [4.69, 9.17) is 9.47 Å². The number of aryl methyl sites for hydroxylation is 1. The molecule has 2 fully saturated rings. The van der Waals surface area contributed by atoms with Gasteiger partial charge in [0.2, 0.25) is 5.88 Å². The van der Waals surface area contributed by atoms with Crippen molar-refractivity contribution >= 4 is 0 Å². The molecule has 1 aromatic rings. The van der Waals surface area contributed by atoms with E-state index in [0.717, 1.165) is 50.7 Å². The van der Waals surface area contributed by atoms with E-state index < -0.39 is 0 Å². The molecule has 0 bridgehead atoms. The summed E-state index contributed by atoms with van der Waals surface area (Å²) in [6, 6.07) is 6.66. The number of ether oxygens (including phenoxy) is 2. The van der Waals surface area contributed by atoms with Gasteiger partial charge in [-0.1, -0.05) is 13.0 Å². The Labute approximate surface area is 127 Å². The van der Waals surface area contributed by atoms with Crippen molar-refractivity contribution in [3.63, 3.8) is 0 Å². The van der Waals surface area contributed by atoms with Gasteiger partial charge in [-0.3, -0.25) is 4.90 Å². The van der Waals surface area contributed by atoms with Crippen LogP contribution in [0.1, 0.15) is 31.9 Å². The second kappa shape index (κ2) is 6.75. The number of rotatable bonds is 3. The molecule has 2 saturated heterocycles. The van der Waals surface area contributed by atoms with Gasteiger partial charge in [0.1, 0.15) is 6.10 Å². The van der Waals surface area contributed by atoms with Gasteiger partial charge >= 0.3 is 0 Å². The van der Waals surface area contributed by atoms with Crippen molar-refractivity contribution in [2.75, 3.05) is 26.3 Å². The Hall–Kier alpha value is -1.13. The van der Waals surface area contributed by atoms with Gasteiger partial charge in [-0.15, -0.1) is 0 Å². The third-order valence-electron chi connectivity index (χ3n) is 4.69. The Morgan fingerprint density at radius 2 is 2.05 bits per heavy atom. The minimum Gasteiger partial charge on any atom is -0.474 e. The van der Waals surface area contributed by atoms with Crippen LogP contribution in [0.25, 0.3) is 0 Å². The third kappa shape index (κ3) is 3.74. The number of hydrogen-bond acceptors (Lipinski definition) is 4. The molecule has 4 heteroatoms. The highest BCUT2D eigenvalue weighted by Crippen LogP contribution is 2.25. The summed E-state index contributed by atoms with van der Waals surface area (Å²) >= 11 is 0. The largest absolute Gasteiger partial charge is 0.474 e. The van der Waals surface area contributed by atoms with Crippen LogP contribution < -0.4 is 4.74 Å². The first-order chi connectivity index (χ1) is 10.2. The standard InChI is InChI=1S/C17H26N2O2/c1-13-12-20-11-8-16(13)19-9-6-15(7-10-19)21-17-5-3-4-14(2)18-17/h3-5,13,15-16H,6-12H2,1-2H3/t13-,16+/m0/s1. The number of pyridine rings is 1. The second-order valence-electron chi connectivity index (χ2n) is 6.38. The van der Waals surface area contributed by atoms with Crippen LogP contribution in [-0.2, 0) is 4.74 Å². The average molecular weight is 290 g/mol. The molecule has 2 aliphatic rings. The van der Waals surface area contributed by atoms with E-state index in [0.29, 0.717) is 18.1 Å².